The Bertz CT molecular complexity index is 545. The predicted molar refractivity (Wildman–Crippen MR) is 71.6 cm³/mol. The Hall–Kier alpha value is -2.63. The van der Waals surface area contributed by atoms with Crippen molar-refractivity contribution in [2.75, 3.05) is 7.11 Å². The summed E-state index contributed by atoms with van der Waals surface area (Å²) in [6.45, 7) is 2.60. The van der Waals surface area contributed by atoms with E-state index in [1.165, 1.54) is 27.0 Å². The second-order valence-electron chi connectivity index (χ2n) is 3.89. The van der Waals surface area contributed by atoms with Gasteiger partial charge in [-0.15, -0.1) is 0 Å². The summed E-state index contributed by atoms with van der Waals surface area (Å²) in [6, 6.07) is 6.44. The van der Waals surface area contributed by atoms with E-state index < -0.39 is 11.9 Å². The molecule has 0 aliphatic carbocycles. The minimum Gasteiger partial charge on any atom is -0.464 e. The lowest BCUT2D eigenvalue weighted by molar-refractivity contribution is -0.137. The van der Waals surface area contributed by atoms with Crippen molar-refractivity contribution in [1.82, 2.24) is 5.32 Å². The van der Waals surface area contributed by atoms with Crippen LogP contribution in [0.25, 0.3) is 6.08 Å². The van der Waals surface area contributed by atoms with Crippen molar-refractivity contribution in [3.8, 4) is 5.75 Å². The van der Waals surface area contributed by atoms with Crippen LogP contribution in [0.15, 0.2) is 30.0 Å². The molecule has 6 heteroatoms. The first-order valence-electron chi connectivity index (χ1n) is 5.78. The molecule has 1 amide bonds. The van der Waals surface area contributed by atoms with Crippen LogP contribution in [0.3, 0.4) is 0 Å². The molecule has 1 aromatic rings. The van der Waals surface area contributed by atoms with E-state index in [9.17, 15) is 14.4 Å². The first-order valence-corrected chi connectivity index (χ1v) is 5.78. The lowest BCUT2D eigenvalue weighted by atomic mass is 10.2. The number of hydrogen-bond acceptors (Lipinski definition) is 5. The normalized spacial score (nSPS) is 10.7. The molecule has 6 nitrogen and oxygen atoms in total. The molecule has 106 valence electrons. The monoisotopic (exact) mass is 277 g/mol. The Morgan fingerprint density at radius 3 is 2.15 bits per heavy atom. The fourth-order valence-corrected chi connectivity index (χ4v) is 1.41. The van der Waals surface area contributed by atoms with Crippen molar-refractivity contribution in [2.24, 2.45) is 0 Å². The van der Waals surface area contributed by atoms with E-state index in [0.29, 0.717) is 11.3 Å². The minimum absolute atomic E-state index is 0.0280. The summed E-state index contributed by atoms with van der Waals surface area (Å²) >= 11 is 0. The van der Waals surface area contributed by atoms with Crippen molar-refractivity contribution in [2.45, 2.75) is 13.8 Å². The molecule has 0 aliphatic heterocycles. The van der Waals surface area contributed by atoms with Crippen molar-refractivity contribution in [3.63, 3.8) is 0 Å². The highest BCUT2D eigenvalue weighted by Gasteiger charge is 2.11. The molecule has 0 saturated heterocycles. The molecule has 0 saturated carbocycles. The largest absolute Gasteiger partial charge is 0.464 e. The predicted octanol–water partition coefficient (Wildman–Crippen LogP) is 1.26. The van der Waals surface area contributed by atoms with Gasteiger partial charge in [-0.25, -0.2) is 4.79 Å². The smallest absolute Gasteiger partial charge is 0.354 e. The summed E-state index contributed by atoms with van der Waals surface area (Å²) in [7, 11) is 1.22. The highest BCUT2D eigenvalue weighted by molar-refractivity contribution is 5.97. The number of rotatable bonds is 4. The summed E-state index contributed by atoms with van der Waals surface area (Å²) in [5.74, 6) is -1.04. The first kappa shape index (κ1) is 15.4. The Labute approximate surface area is 116 Å². The van der Waals surface area contributed by atoms with Crippen LogP contribution >= 0.6 is 0 Å². The molecule has 0 atom stereocenters. The summed E-state index contributed by atoms with van der Waals surface area (Å²) in [5, 5.41) is 2.39. The van der Waals surface area contributed by atoms with Crippen LogP contribution in [0.1, 0.15) is 19.4 Å². The average molecular weight is 277 g/mol. The van der Waals surface area contributed by atoms with Crippen molar-refractivity contribution < 1.29 is 23.9 Å². The lowest BCUT2D eigenvalue weighted by Crippen LogP contribution is -2.25. The number of carbonyl (C=O) groups excluding carboxylic acids is 3. The van der Waals surface area contributed by atoms with Crippen LogP contribution in [0.5, 0.6) is 5.75 Å². The summed E-state index contributed by atoms with van der Waals surface area (Å²) in [6.07, 6.45) is 1.46. The van der Waals surface area contributed by atoms with E-state index in [2.05, 4.69) is 10.1 Å². The second-order valence-corrected chi connectivity index (χ2v) is 3.89. The van der Waals surface area contributed by atoms with Gasteiger partial charge in [0.25, 0.3) is 0 Å². The minimum atomic E-state index is -0.649. The Kier molecular flexibility index (Phi) is 5.46. The van der Waals surface area contributed by atoms with Crippen molar-refractivity contribution in [1.29, 1.82) is 0 Å². The molecular formula is C14H15NO5. The molecule has 0 radical (unpaired) electrons. The summed E-state index contributed by atoms with van der Waals surface area (Å²) in [4.78, 5) is 33.3. The Morgan fingerprint density at radius 2 is 1.70 bits per heavy atom. The molecule has 0 bridgehead atoms. The maximum atomic E-state index is 11.5. The van der Waals surface area contributed by atoms with Gasteiger partial charge in [0, 0.05) is 13.8 Å². The number of methoxy groups -OCH3 is 1. The standard InChI is InChI=1S/C14H15NO5/c1-9(16)15-13(14(18)19-3)8-11-4-6-12(7-5-11)20-10(2)17/h4-8H,1-3H3,(H,15,16). The zero-order valence-electron chi connectivity index (χ0n) is 11.4. The first-order chi connectivity index (χ1) is 9.42. The fourth-order valence-electron chi connectivity index (χ4n) is 1.41. The Morgan fingerprint density at radius 1 is 1.10 bits per heavy atom. The van der Waals surface area contributed by atoms with Gasteiger partial charge in [-0.1, -0.05) is 12.1 Å². The number of nitrogens with one attached hydrogen (secondary N) is 1. The topological polar surface area (TPSA) is 81.7 Å². The van der Waals surface area contributed by atoms with Gasteiger partial charge in [-0.2, -0.15) is 0 Å². The van der Waals surface area contributed by atoms with Crippen LogP contribution in [0.4, 0.5) is 0 Å². The SMILES string of the molecule is COC(=O)C(=Cc1ccc(OC(C)=O)cc1)NC(C)=O. The zero-order chi connectivity index (χ0) is 15.1. The number of esters is 2. The van der Waals surface area contributed by atoms with Gasteiger partial charge in [-0.05, 0) is 23.8 Å². The Balaban J connectivity index is 2.95. The van der Waals surface area contributed by atoms with Gasteiger partial charge in [-0.3, -0.25) is 9.59 Å². The van der Waals surface area contributed by atoms with Gasteiger partial charge in [0.1, 0.15) is 11.4 Å². The number of hydrogen-bond donors (Lipinski definition) is 1. The fraction of sp³-hybridized carbons (Fsp3) is 0.214. The van der Waals surface area contributed by atoms with Gasteiger partial charge < -0.3 is 14.8 Å². The highest BCUT2D eigenvalue weighted by Crippen LogP contribution is 2.14. The average Bonchev–Trinajstić information content (AvgIpc) is 2.38. The third kappa shape index (κ3) is 4.93. The molecule has 0 fully saturated rings. The number of carbonyl (C=O) groups is 3. The molecule has 0 spiro atoms. The number of amides is 1. The summed E-state index contributed by atoms with van der Waals surface area (Å²) in [5.41, 5.74) is 0.676. The van der Waals surface area contributed by atoms with Gasteiger partial charge >= 0.3 is 11.9 Å². The second kappa shape index (κ2) is 7.08. The quantitative estimate of drug-likeness (QED) is 0.509. The van der Waals surface area contributed by atoms with Gasteiger partial charge in [0.2, 0.25) is 5.91 Å². The van der Waals surface area contributed by atoms with E-state index in [4.69, 9.17) is 4.74 Å². The van der Waals surface area contributed by atoms with E-state index in [0.717, 1.165) is 0 Å². The van der Waals surface area contributed by atoms with Crippen LogP contribution < -0.4 is 10.1 Å². The van der Waals surface area contributed by atoms with Crippen molar-refractivity contribution >= 4 is 23.9 Å². The maximum Gasteiger partial charge on any atom is 0.354 e. The zero-order valence-corrected chi connectivity index (χ0v) is 11.4. The van der Waals surface area contributed by atoms with Gasteiger partial charge in [0.15, 0.2) is 0 Å². The number of benzene rings is 1. The summed E-state index contributed by atoms with van der Waals surface area (Å²) < 4.78 is 9.46. The molecule has 0 heterocycles. The molecule has 0 aliphatic rings. The molecular weight excluding hydrogens is 262 g/mol. The third-order valence-corrected chi connectivity index (χ3v) is 2.17. The maximum absolute atomic E-state index is 11.5. The lowest BCUT2D eigenvalue weighted by Gasteiger charge is -2.06. The van der Waals surface area contributed by atoms with Crippen LogP contribution in [0, 0.1) is 0 Å². The number of ether oxygens (including phenoxy) is 2. The van der Waals surface area contributed by atoms with E-state index in [-0.39, 0.29) is 11.6 Å². The molecule has 0 unspecified atom stereocenters. The van der Waals surface area contributed by atoms with E-state index >= 15 is 0 Å². The van der Waals surface area contributed by atoms with Gasteiger partial charge in [0.05, 0.1) is 7.11 Å². The molecule has 1 N–H and O–H groups in total. The van der Waals surface area contributed by atoms with Crippen LogP contribution in [-0.2, 0) is 19.1 Å². The highest BCUT2D eigenvalue weighted by atomic mass is 16.5. The van der Waals surface area contributed by atoms with Crippen LogP contribution in [-0.4, -0.2) is 25.0 Å². The molecule has 1 aromatic carbocycles. The van der Waals surface area contributed by atoms with Crippen LogP contribution in [0.2, 0.25) is 0 Å². The molecule has 20 heavy (non-hydrogen) atoms. The third-order valence-electron chi connectivity index (χ3n) is 2.17. The molecule has 0 aromatic heterocycles. The molecule has 1 rings (SSSR count). The van der Waals surface area contributed by atoms with Crippen molar-refractivity contribution in [3.05, 3.63) is 35.5 Å². The van der Waals surface area contributed by atoms with E-state index in [1.807, 2.05) is 0 Å². The van der Waals surface area contributed by atoms with E-state index in [1.54, 1.807) is 24.3 Å².